The fraction of sp³-hybridized carbons (Fsp3) is 0.636. The highest BCUT2D eigenvalue weighted by atomic mass is 19.4. The SMILES string of the molecule is CC1CC(C)(C)C(=O)C(C(=O)C(F)(F)F)=C1O. The number of aliphatic hydroxyl groups excluding tert-OH is 1. The van der Waals surface area contributed by atoms with E-state index in [0.29, 0.717) is 0 Å². The van der Waals surface area contributed by atoms with Crippen molar-refractivity contribution in [3.05, 3.63) is 11.3 Å². The van der Waals surface area contributed by atoms with Gasteiger partial charge in [-0.3, -0.25) is 9.59 Å². The second-order valence-corrected chi connectivity index (χ2v) is 4.91. The van der Waals surface area contributed by atoms with Gasteiger partial charge in [0.25, 0.3) is 5.78 Å². The van der Waals surface area contributed by atoms with E-state index in [9.17, 15) is 27.9 Å². The summed E-state index contributed by atoms with van der Waals surface area (Å²) in [5.74, 6) is -4.60. The number of carbonyl (C=O) groups is 2. The highest BCUT2D eigenvalue weighted by Gasteiger charge is 2.50. The molecule has 0 bridgehead atoms. The molecular weight excluding hydrogens is 237 g/mol. The zero-order chi connectivity index (χ0) is 13.6. The lowest BCUT2D eigenvalue weighted by Gasteiger charge is -2.33. The van der Waals surface area contributed by atoms with Gasteiger partial charge in [-0.2, -0.15) is 13.2 Å². The first-order chi connectivity index (χ1) is 7.48. The van der Waals surface area contributed by atoms with Crippen LogP contribution in [-0.2, 0) is 9.59 Å². The topological polar surface area (TPSA) is 54.4 Å². The van der Waals surface area contributed by atoms with E-state index in [1.165, 1.54) is 20.8 Å². The summed E-state index contributed by atoms with van der Waals surface area (Å²) < 4.78 is 36.9. The summed E-state index contributed by atoms with van der Waals surface area (Å²) in [6, 6.07) is 0. The predicted molar refractivity (Wildman–Crippen MR) is 53.3 cm³/mol. The summed E-state index contributed by atoms with van der Waals surface area (Å²) >= 11 is 0. The Kier molecular flexibility index (Phi) is 3.11. The molecule has 0 heterocycles. The molecule has 0 aliphatic heterocycles. The quantitative estimate of drug-likeness (QED) is 0.727. The molecule has 0 saturated carbocycles. The van der Waals surface area contributed by atoms with Crippen molar-refractivity contribution in [1.82, 2.24) is 0 Å². The molecule has 1 atom stereocenters. The van der Waals surface area contributed by atoms with Crippen LogP contribution in [0.25, 0.3) is 0 Å². The van der Waals surface area contributed by atoms with Crippen LogP contribution in [0.1, 0.15) is 27.2 Å². The molecular formula is C11H13F3O3. The summed E-state index contributed by atoms with van der Waals surface area (Å²) in [4.78, 5) is 22.9. The van der Waals surface area contributed by atoms with Gasteiger partial charge >= 0.3 is 6.18 Å². The summed E-state index contributed by atoms with van der Waals surface area (Å²) in [5, 5.41) is 9.51. The van der Waals surface area contributed by atoms with Crippen molar-refractivity contribution in [3.63, 3.8) is 0 Å². The monoisotopic (exact) mass is 250 g/mol. The normalized spacial score (nSPS) is 25.1. The van der Waals surface area contributed by atoms with E-state index in [4.69, 9.17) is 0 Å². The second kappa shape index (κ2) is 3.85. The molecule has 0 aromatic heterocycles. The first-order valence-electron chi connectivity index (χ1n) is 5.08. The zero-order valence-electron chi connectivity index (χ0n) is 9.68. The fourth-order valence-corrected chi connectivity index (χ4v) is 2.02. The number of hydrogen-bond donors (Lipinski definition) is 1. The Morgan fingerprint density at radius 2 is 1.88 bits per heavy atom. The molecule has 0 spiro atoms. The van der Waals surface area contributed by atoms with E-state index >= 15 is 0 Å². The van der Waals surface area contributed by atoms with Crippen LogP contribution < -0.4 is 0 Å². The molecule has 0 aromatic carbocycles. The molecule has 1 rings (SSSR count). The van der Waals surface area contributed by atoms with E-state index in [-0.39, 0.29) is 6.42 Å². The minimum atomic E-state index is -5.15. The van der Waals surface area contributed by atoms with Gasteiger partial charge in [0.05, 0.1) is 0 Å². The highest BCUT2D eigenvalue weighted by Crippen LogP contribution is 2.40. The number of rotatable bonds is 1. The largest absolute Gasteiger partial charge is 0.511 e. The van der Waals surface area contributed by atoms with E-state index in [1.54, 1.807) is 0 Å². The van der Waals surface area contributed by atoms with Gasteiger partial charge in [0, 0.05) is 11.3 Å². The van der Waals surface area contributed by atoms with Gasteiger partial charge < -0.3 is 5.11 Å². The number of alkyl halides is 3. The molecule has 0 saturated heterocycles. The standard InChI is InChI=1S/C11H13F3O3/c1-5-4-10(2,3)8(16)6(7(5)15)9(17)11(12,13)14/h5,15H,4H2,1-3H3. The lowest BCUT2D eigenvalue weighted by atomic mass is 9.70. The third-order valence-corrected chi connectivity index (χ3v) is 2.87. The molecule has 0 amide bonds. The van der Waals surface area contributed by atoms with Gasteiger partial charge in [0.2, 0.25) is 0 Å². The number of carbonyl (C=O) groups excluding carboxylic acids is 2. The van der Waals surface area contributed by atoms with Crippen molar-refractivity contribution in [2.24, 2.45) is 11.3 Å². The Hall–Kier alpha value is -1.33. The molecule has 1 unspecified atom stereocenters. The molecule has 3 nitrogen and oxygen atoms in total. The fourth-order valence-electron chi connectivity index (χ4n) is 2.02. The zero-order valence-corrected chi connectivity index (χ0v) is 9.68. The minimum Gasteiger partial charge on any atom is -0.511 e. The maximum atomic E-state index is 12.3. The van der Waals surface area contributed by atoms with Crippen LogP contribution in [0.3, 0.4) is 0 Å². The third-order valence-electron chi connectivity index (χ3n) is 2.87. The van der Waals surface area contributed by atoms with Crippen LogP contribution in [0, 0.1) is 11.3 Å². The van der Waals surface area contributed by atoms with Gasteiger partial charge in [-0.15, -0.1) is 0 Å². The molecule has 1 aliphatic carbocycles. The van der Waals surface area contributed by atoms with Gasteiger partial charge in [-0.1, -0.05) is 20.8 Å². The summed E-state index contributed by atoms with van der Waals surface area (Å²) in [6.45, 7) is 4.40. The average molecular weight is 250 g/mol. The maximum absolute atomic E-state index is 12.3. The molecule has 6 heteroatoms. The average Bonchev–Trinajstić information content (AvgIpc) is 2.13. The number of Topliss-reactive ketones (excluding diaryl/α,β-unsaturated/α-hetero) is 2. The van der Waals surface area contributed by atoms with Crippen LogP contribution in [0.5, 0.6) is 0 Å². The third kappa shape index (κ3) is 2.35. The number of aliphatic hydroxyl groups is 1. The maximum Gasteiger partial charge on any atom is 0.455 e. The van der Waals surface area contributed by atoms with Crippen molar-refractivity contribution in [2.45, 2.75) is 33.4 Å². The van der Waals surface area contributed by atoms with Gasteiger partial charge in [-0.25, -0.2) is 0 Å². The summed E-state index contributed by atoms with van der Waals surface area (Å²) in [5.41, 5.74) is -2.18. The Morgan fingerprint density at radius 3 is 2.29 bits per heavy atom. The molecule has 1 N–H and O–H groups in total. The van der Waals surface area contributed by atoms with Gasteiger partial charge in [0.15, 0.2) is 5.78 Å². The van der Waals surface area contributed by atoms with Crippen molar-refractivity contribution in [1.29, 1.82) is 0 Å². The Bertz CT molecular complexity index is 405. The van der Waals surface area contributed by atoms with Gasteiger partial charge in [0.1, 0.15) is 11.3 Å². The van der Waals surface area contributed by atoms with E-state index in [1.807, 2.05) is 0 Å². The smallest absolute Gasteiger partial charge is 0.455 e. The Morgan fingerprint density at radius 1 is 1.41 bits per heavy atom. The molecule has 1 aliphatic rings. The Labute approximate surface area is 96.3 Å². The van der Waals surface area contributed by atoms with Crippen molar-refractivity contribution in [3.8, 4) is 0 Å². The summed E-state index contributed by atoms with van der Waals surface area (Å²) in [6.07, 6.45) is -4.93. The molecule has 0 aromatic rings. The molecule has 96 valence electrons. The lowest BCUT2D eigenvalue weighted by molar-refractivity contribution is -0.168. The van der Waals surface area contributed by atoms with Crippen LogP contribution in [-0.4, -0.2) is 22.8 Å². The lowest BCUT2D eigenvalue weighted by Crippen LogP contribution is -2.40. The van der Waals surface area contributed by atoms with Crippen LogP contribution in [0.4, 0.5) is 13.2 Å². The second-order valence-electron chi connectivity index (χ2n) is 4.91. The van der Waals surface area contributed by atoms with Crippen molar-refractivity contribution in [2.75, 3.05) is 0 Å². The van der Waals surface area contributed by atoms with Gasteiger partial charge in [-0.05, 0) is 6.42 Å². The molecule has 0 fully saturated rings. The summed E-state index contributed by atoms with van der Waals surface area (Å²) in [7, 11) is 0. The first kappa shape index (κ1) is 13.7. The number of ketones is 2. The van der Waals surface area contributed by atoms with Crippen molar-refractivity contribution < 1.29 is 27.9 Å². The van der Waals surface area contributed by atoms with Crippen molar-refractivity contribution >= 4 is 11.6 Å². The van der Waals surface area contributed by atoms with E-state index in [2.05, 4.69) is 0 Å². The minimum absolute atomic E-state index is 0.215. The van der Waals surface area contributed by atoms with Crippen LogP contribution in [0.15, 0.2) is 11.3 Å². The Balaban J connectivity index is 3.33. The van der Waals surface area contributed by atoms with E-state index < -0.39 is 40.4 Å². The first-order valence-corrected chi connectivity index (χ1v) is 5.08. The predicted octanol–water partition coefficient (Wildman–Crippen LogP) is 2.57. The number of halogens is 3. The number of allylic oxidation sites excluding steroid dienone is 2. The highest BCUT2D eigenvalue weighted by molar-refractivity contribution is 6.24. The van der Waals surface area contributed by atoms with Crippen LogP contribution >= 0.6 is 0 Å². The number of hydrogen-bond acceptors (Lipinski definition) is 3. The van der Waals surface area contributed by atoms with Crippen LogP contribution in [0.2, 0.25) is 0 Å². The molecule has 17 heavy (non-hydrogen) atoms. The van der Waals surface area contributed by atoms with E-state index in [0.717, 1.165) is 0 Å². The molecule has 0 radical (unpaired) electrons.